The first-order chi connectivity index (χ1) is 12.7. The molecule has 154 valence electrons. The van der Waals surface area contributed by atoms with Gasteiger partial charge in [-0.2, -0.15) is 0 Å². The van der Waals surface area contributed by atoms with Crippen LogP contribution in [-0.4, -0.2) is 45.2 Å². The van der Waals surface area contributed by atoms with Gasteiger partial charge in [-0.3, -0.25) is 4.79 Å². The largest absolute Gasteiger partial charge is 0.481 e. The quantitative estimate of drug-likeness (QED) is 0.396. The summed E-state index contributed by atoms with van der Waals surface area (Å²) in [7, 11) is 0. The van der Waals surface area contributed by atoms with Crippen molar-refractivity contribution in [3.8, 4) is 0 Å². The molecule has 0 bridgehead atoms. The van der Waals surface area contributed by atoms with Crippen LogP contribution in [0.1, 0.15) is 72.1 Å². The maximum absolute atomic E-state index is 10.6. The average Bonchev–Trinajstić information content (AvgIpc) is 3.05. The molecule has 2 fully saturated rings. The van der Waals surface area contributed by atoms with Crippen molar-refractivity contribution >= 4 is 5.97 Å². The van der Waals surface area contributed by atoms with Gasteiger partial charge in [-0.15, -0.1) is 0 Å². The van der Waals surface area contributed by atoms with Gasteiger partial charge in [0.2, 0.25) is 0 Å². The molecule has 27 heavy (non-hydrogen) atoms. The van der Waals surface area contributed by atoms with Crippen molar-refractivity contribution in [2.45, 2.75) is 96.1 Å². The summed E-state index contributed by atoms with van der Waals surface area (Å²) in [6, 6.07) is 0. The van der Waals surface area contributed by atoms with E-state index in [1.54, 1.807) is 0 Å². The van der Waals surface area contributed by atoms with Crippen molar-refractivity contribution < 1.29 is 24.9 Å². The highest BCUT2D eigenvalue weighted by molar-refractivity contribution is 5.66. The summed E-state index contributed by atoms with van der Waals surface area (Å²) < 4.78 is 6.10. The van der Waals surface area contributed by atoms with Crippen LogP contribution in [-0.2, 0) is 9.53 Å². The van der Waals surface area contributed by atoms with Gasteiger partial charge in [0.1, 0.15) is 0 Å². The molecule has 0 aromatic carbocycles. The zero-order valence-electron chi connectivity index (χ0n) is 16.9. The zero-order chi connectivity index (χ0) is 20.0. The number of aliphatic carboxylic acids is 1. The summed E-state index contributed by atoms with van der Waals surface area (Å²) in [6.45, 7) is 5.92. The predicted octanol–water partition coefficient (Wildman–Crippen LogP) is 3.84. The van der Waals surface area contributed by atoms with Gasteiger partial charge in [-0.1, -0.05) is 30.2 Å². The monoisotopic (exact) mass is 380 g/mol. The lowest BCUT2D eigenvalue weighted by Gasteiger charge is -2.22. The molecule has 0 aromatic rings. The number of allylic oxidation sites excluding steroid dienone is 2. The third-order valence-electron chi connectivity index (χ3n) is 5.84. The first-order valence-corrected chi connectivity index (χ1v) is 10.3. The number of rotatable bonds is 10. The van der Waals surface area contributed by atoms with Crippen LogP contribution >= 0.6 is 0 Å². The fraction of sp³-hybridized carbons (Fsp3) is 0.773. The third-order valence-corrected chi connectivity index (χ3v) is 5.84. The Morgan fingerprint density at radius 3 is 2.67 bits per heavy atom. The zero-order valence-corrected chi connectivity index (χ0v) is 16.9. The van der Waals surface area contributed by atoms with Crippen molar-refractivity contribution in [1.82, 2.24) is 0 Å². The van der Waals surface area contributed by atoms with Crippen LogP contribution in [0, 0.1) is 11.8 Å². The Morgan fingerprint density at radius 2 is 2.00 bits per heavy atom. The molecular weight excluding hydrogens is 344 g/mol. The van der Waals surface area contributed by atoms with E-state index in [9.17, 15) is 15.0 Å². The Morgan fingerprint density at radius 1 is 1.26 bits per heavy atom. The lowest BCUT2D eigenvalue weighted by atomic mass is 9.87. The molecule has 3 N–H and O–H groups in total. The highest BCUT2D eigenvalue weighted by Gasteiger charge is 2.47. The average molecular weight is 381 g/mol. The van der Waals surface area contributed by atoms with E-state index in [-0.39, 0.29) is 30.5 Å². The molecule has 0 amide bonds. The van der Waals surface area contributed by atoms with Gasteiger partial charge in [-0.05, 0) is 58.8 Å². The molecule has 1 unspecified atom stereocenters. The molecule has 0 aromatic heterocycles. The Labute approximate surface area is 163 Å². The van der Waals surface area contributed by atoms with Crippen molar-refractivity contribution in [3.05, 3.63) is 23.8 Å². The molecule has 1 saturated heterocycles. The van der Waals surface area contributed by atoms with Crippen LogP contribution in [0.3, 0.4) is 0 Å². The summed E-state index contributed by atoms with van der Waals surface area (Å²) in [6.07, 6.45) is 11.5. The van der Waals surface area contributed by atoms with Gasteiger partial charge >= 0.3 is 5.97 Å². The van der Waals surface area contributed by atoms with Crippen LogP contribution in [0.2, 0.25) is 0 Å². The van der Waals surface area contributed by atoms with Crippen molar-refractivity contribution in [2.24, 2.45) is 11.8 Å². The van der Waals surface area contributed by atoms with Gasteiger partial charge in [0.05, 0.1) is 23.9 Å². The second-order valence-corrected chi connectivity index (χ2v) is 8.75. The molecule has 5 heteroatoms. The highest BCUT2D eigenvalue weighted by atomic mass is 16.5. The van der Waals surface area contributed by atoms with Gasteiger partial charge in [0, 0.05) is 18.8 Å². The lowest BCUT2D eigenvalue weighted by Crippen LogP contribution is -2.23. The number of carbonyl (C=O) groups is 1. The molecule has 2 aliphatic rings. The third kappa shape index (κ3) is 7.05. The SMILES string of the molecule is CC(C)=CCCC(C)(O)/C=C/[C@@H]1[C@H]2C[C@@H](CCCCC(=O)O)O[C@H]2C[C@H]1O. The number of unbranched alkanes of at least 4 members (excludes halogenated alkanes) is 1. The van der Waals surface area contributed by atoms with E-state index in [4.69, 9.17) is 9.84 Å². The molecule has 5 nitrogen and oxygen atoms in total. The number of aliphatic hydroxyl groups is 2. The minimum absolute atomic E-state index is 0.0222. The maximum Gasteiger partial charge on any atom is 0.303 e. The number of carboxylic acids is 1. The molecular formula is C22H36O5. The van der Waals surface area contributed by atoms with E-state index < -0.39 is 17.7 Å². The van der Waals surface area contributed by atoms with Crippen LogP contribution in [0.15, 0.2) is 23.8 Å². The summed E-state index contributed by atoms with van der Waals surface area (Å²) in [5, 5.41) is 29.7. The van der Waals surface area contributed by atoms with Gasteiger partial charge in [0.25, 0.3) is 0 Å². The van der Waals surface area contributed by atoms with E-state index in [0.29, 0.717) is 19.3 Å². The van der Waals surface area contributed by atoms with E-state index in [1.807, 2.05) is 19.1 Å². The van der Waals surface area contributed by atoms with Crippen molar-refractivity contribution in [1.29, 1.82) is 0 Å². The summed E-state index contributed by atoms with van der Waals surface area (Å²) in [5.41, 5.74) is 0.376. The standard InChI is InChI=1S/C22H36O5/c1-15(2)7-6-11-22(3,26)12-10-17-18-13-16(8-4-5-9-21(24)25)27-20(18)14-19(17)23/h7,10,12,16-20,23,26H,4-6,8-9,11,13-14H2,1-3H3,(H,24,25)/b12-10+/t16-,17-,18-,19-,20+,22?/m1/s1. The maximum atomic E-state index is 10.6. The predicted molar refractivity (Wildman–Crippen MR) is 105 cm³/mol. The first kappa shape index (κ1) is 22.1. The molecule has 2 rings (SSSR count). The Kier molecular flexibility index (Phi) is 8.07. The van der Waals surface area contributed by atoms with Crippen LogP contribution < -0.4 is 0 Å². The normalized spacial score (nSPS) is 32.4. The van der Waals surface area contributed by atoms with E-state index in [0.717, 1.165) is 25.7 Å². The lowest BCUT2D eigenvalue weighted by molar-refractivity contribution is -0.137. The van der Waals surface area contributed by atoms with Gasteiger partial charge in [-0.25, -0.2) is 0 Å². The number of aliphatic hydroxyl groups excluding tert-OH is 1. The van der Waals surface area contributed by atoms with Gasteiger partial charge < -0.3 is 20.1 Å². The Balaban J connectivity index is 1.84. The topological polar surface area (TPSA) is 87.0 Å². The fourth-order valence-electron chi connectivity index (χ4n) is 4.33. The molecule has 0 spiro atoms. The second kappa shape index (κ2) is 9.85. The Bertz CT molecular complexity index is 547. The molecule has 1 aliphatic carbocycles. The fourth-order valence-corrected chi connectivity index (χ4v) is 4.33. The molecule has 1 heterocycles. The number of fused-ring (bicyclic) bond motifs is 1. The van der Waals surface area contributed by atoms with Gasteiger partial charge in [0.15, 0.2) is 0 Å². The smallest absolute Gasteiger partial charge is 0.303 e. The number of carboxylic acid groups (broad SMARTS) is 1. The van der Waals surface area contributed by atoms with Crippen molar-refractivity contribution in [2.75, 3.05) is 0 Å². The minimum atomic E-state index is -0.876. The highest BCUT2D eigenvalue weighted by Crippen LogP contribution is 2.45. The van der Waals surface area contributed by atoms with Crippen molar-refractivity contribution in [3.63, 3.8) is 0 Å². The van der Waals surface area contributed by atoms with E-state index in [2.05, 4.69) is 19.9 Å². The summed E-state index contributed by atoms with van der Waals surface area (Å²) in [4.78, 5) is 10.6. The summed E-state index contributed by atoms with van der Waals surface area (Å²) >= 11 is 0. The van der Waals surface area contributed by atoms with E-state index in [1.165, 1.54) is 5.57 Å². The molecule has 0 radical (unpaired) electrons. The number of hydrogen-bond acceptors (Lipinski definition) is 4. The second-order valence-electron chi connectivity index (χ2n) is 8.75. The first-order valence-electron chi connectivity index (χ1n) is 10.3. The molecule has 1 aliphatic heterocycles. The van der Waals surface area contributed by atoms with Crippen LogP contribution in [0.25, 0.3) is 0 Å². The number of hydrogen-bond donors (Lipinski definition) is 3. The summed E-state index contributed by atoms with van der Waals surface area (Å²) in [5.74, 6) is -0.438. The van der Waals surface area contributed by atoms with Crippen LogP contribution in [0.5, 0.6) is 0 Å². The molecule has 6 atom stereocenters. The van der Waals surface area contributed by atoms with Crippen LogP contribution in [0.4, 0.5) is 0 Å². The Hall–Kier alpha value is -1.17. The minimum Gasteiger partial charge on any atom is -0.481 e. The molecule has 1 saturated carbocycles. The number of ether oxygens (including phenoxy) is 1. The van der Waals surface area contributed by atoms with E-state index >= 15 is 0 Å².